The molecule has 1 heterocycles. The SMILES string of the molecule is C[Si]1(CCCCOC(=O)NCCOCCOCCCCCCCl)CCC=CCC1. The average Bonchev–Trinajstić information content (AvgIpc) is 2.93. The average molecular weight is 448 g/mol. The molecule has 0 bridgehead atoms. The van der Waals surface area contributed by atoms with Crippen molar-refractivity contribution in [1.82, 2.24) is 5.32 Å². The molecule has 0 unspecified atom stereocenters. The fourth-order valence-corrected chi connectivity index (χ4v) is 7.31. The Labute approximate surface area is 183 Å². The topological polar surface area (TPSA) is 56.8 Å². The minimum absolute atomic E-state index is 0.344. The number of ether oxygens (including phenoxy) is 3. The van der Waals surface area contributed by atoms with E-state index >= 15 is 0 Å². The van der Waals surface area contributed by atoms with Gasteiger partial charge in [0.2, 0.25) is 0 Å². The van der Waals surface area contributed by atoms with Crippen LogP contribution in [0.1, 0.15) is 51.4 Å². The van der Waals surface area contributed by atoms with Gasteiger partial charge in [0.05, 0.1) is 34.5 Å². The summed E-state index contributed by atoms with van der Waals surface area (Å²) in [7, 11) is -1.06. The molecule has 0 aromatic heterocycles. The minimum atomic E-state index is -1.06. The smallest absolute Gasteiger partial charge is 0.407 e. The molecular formula is C22H42ClNO4Si. The van der Waals surface area contributed by atoms with E-state index in [0.29, 0.717) is 33.0 Å². The Kier molecular flexibility index (Phi) is 16.6. The molecule has 0 aromatic rings. The minimum Gasteiger partial charge on any atom is -0.450 e. The number of halogens is 1. The van der Waals surface area contributed by atoms with Crippen molar-refractivity contribution in [3.63, 3.8) is 0 Å². The van der Waals surface area contributed by atoms with E-state index in [1.54, 1.807) is 0 Å². The summed E-state index contributed by atoms with van der Waals surface area (Å²) in [4.78, 5) is 11.7. The van der Waals surface area contributed by atoms with Crippen LogP contribution in [-0.4, -0.2) is 59.6 Å². The molecule has 0 aromatic carbocycles. The van der Waals surface area contributed by atoms with E-state index in [1.807, 2.05) is 0 Å². The van der Waals surface area contributed by atoms with Gasteiger partial charge in [0.25, 0.3) is 0 Å². The van der Waals surface area contributed by atoms with Gasteiger partial charge in [-0.1, -0.05) is 56.1 Å². The van der Waals surface area contributed by atoms with E-state index in [0.717, 1.165) is 31.7 Å². The number of unbranched alkanes of at least 4 members (excludes halogenated alkanes) is 4. The number of carbonyl (C=O) groups is 1. The predicted octanol–water partition coefficient (Wildman–Crippen LogP) is 5.75. The fraction of sp³-hybridized carbons (Fsp3) is 0.864. The Morgan fingerprint density at radius 3 is 2.28 bits per heavy atom. The van der Waals surface area contributed by atoms with Crippen LogP contribution >= 0.6 is 11.6 Å². The van der Waals surface area contributed by atoms with E-state index in [1.165, 1.54) is 50.2 Å². The Hall–Kier alpha value is -0.563. The quantitative estimate of drug-likeness (QED) is 0.133. The van der Waals surface area contributed by atoms with Gasteiger partial charge in [0, 0.05) is 19.0 Å². The van der Waals surface area contributed by atoms with Gasteiger partial charge in [-0.25, -0.2) is 4.79 Å². The lowest BCUT2D eigenvalue weighted by atomic mass is 10.2. The second-order valence-electron chi connectivity index (χ2n) is 8.21. The van der Waals surface area contributed by atoms with Gasteiger partial charge in [-0.3, -0.25) is 0 Å². The third kappa shape index (κ3) is 15.9. The van der Waals surface area contributed by atoms with Gasteiger partial charge in [-0.2, -0.15) is 0 Å². The lowest BCUT2D eigenvalue weighted by Crippen LogP contribution is -2.29. The molecule has 0 saturated carbocycles. The Morgan fingerprint density at radius 2 is 1.55 bits per heavy atom. The van der Waals surface area contributed by atoms with E-state index in [2.05, 4.69) is 24.0 Å². The van der Waals surface area contributed by atoms with Crippen LogP contribution in [0.25, 0.3) is 0 Å². The van der Waals surface area contributed by atoms with Crippen molar-refractivity contribution >= 4 is 25.8 Å². The van der Waals surface area contributed by atoms with Gasteiger partial charge in [-0.15, -0.1) is 11.6 Å². The molecule has 170 valence electrons. The van der Waals surface area contributed by atoms with Gasteiger partial charge in [-0.05, 0) is 32.1 Å². The van der Waals surface area contributed by atoms with Crippen molar-refractivity contribution < 1.29 is 19.0 Å². The van der Waals surface area contributed by atoms with E-state index < -0.39 is 8.07 Å². The van der Waals surface area contributed by atoms with Crippen LogP contribution in [-0.2, 0) is 14.2 Å². The molecule has 0 atom stereocenters. The zero-order chi connectivity index (χ0) is 21.0. The fourth-order valence-electron chi connectivity index (χ4n) is 3.54. The molecule has 7 heteroatoms. The first-order valence-electron chi connectivity index (χ1n) is 11.4. The summed E-state index contributed by atoms with van der Waals surface area (Å²) in [5.74, 6) is 0.745. The van der Waals surface area contributed by atoms with E-state index in [9.17, 15) is 4.79 Å². The van der Waals surface area contributed by atoms with Gasteiger partial charge >= 0.3 is 6.09 Å². The van der Waals surface area contributed by atoms with Crippen molar-refractivity contribution in [2.75, 3.05) is 45.5 Å². The number of rotatable bonds is 17. The van der Waals surface area contributed by atoms with Crippen molar-refractivity contribution in [2.45, 2.75) is 76.0 Å². The van der Waals surface area contributed by atoms with Crippen LogP contribution in [0.2, 0.25) is 24.7 Å². The molecule has 0 radical (unpaired) electrons. The maximum absolute atomic E-state index is 11.7. The van der Waals surface area contributed by atoms with Crippen molar-refractivity contribution in [2.24, 2.45) is 0 Å². The highest BCUT2D eigenvalue weighted by molar-refractivity contribution is 6.78. The molecular weight excluding hydrogens is 406 g/mol. The van der Waals surface area contributed by atoms with Crippen molar-refractivity contribution in [3.8, 4) is 0 Å². The van der Waals surface area contributed by atoms with Crippen LogP contribution < -0.4 is 5.32 Å². The molecule has 29 heavy (non-hydrogen) atoms. The number of hydrogen-bond donors (Lipinski definition) is 1. The summed E-state index contributed by atoms with van der Waals surface area (Å²) < 4.78 is 16.2. The molecule has 0 saturated heterocycles. The first-order valence-corrected chi connectivity index (χ1v) is 15.1. The van der Waals surface area contributed by atoms with E-state index in [-0.39, 0.29) is 6.09 Å². The highest BCUT2D eigenvalue weighted by atomic mass is 35.5. The number of alkyl halides is 1. The molecule has 1 amide bonds. The predicted molar refractivity (Wildman–Crippen MR) is 124 cm³/mol. The van der Waals surface area contributed by atoms with Crippen molar-refractivity contribution in [1.29, 1.82) is 0 Å². The van der Waals surface area contributed by atoms with Crippen LogP contribution in [0.4, 0.5) is 4.79 Å². The molecule has 5 nitrogen and oxygen atoms in total. The Bertz CT molecular complexity index is 427. The van der Waals surface area contributed by atoms with Gasteiger partial charge < -0.3 is 19.5 Å². The third-order valence-electron chi connectivity index (χ3n) is 5.46. The monoisotopic (exact) mass is 447 g/mol. The maximum Gasteiger partial charge on any atom is 0.407 e. The molecule has 0 aliphatic carbocycles. The molecule has 0 spiro atoms. The van der Waals surface area contributed by atoms with Crippen LogP contribution in [0, 0.1) is 0 Å². The normalized spacial score (nSPS) is 15.8. The molecule has 1 aliphatic heterocycles. The summed E-state index contributed by atoms with van der Waals surface area (Å²) in [6.07, 6.45) is 13.5. The second-order valence-corrected chi connectivity index (χ2v) is 13.7. The van der Waals surface area contributed by atoms with Gasteiger partial charge in [0.15, 0.2) is 0 Å². The summed E-state index contributed by atoms with van der Waals surface area (Å²) in [5.41, 5.74) is 0. The maximum atomic E-state index is 11.7. The largest absolute Gasteiger partial charge is 0.450 e. The summed E-state index contributed by atoms with van der Waals surface area (Å²) >= 11 is 5.64. The van der Waals surface area contributed by atoms with Gasteiger partial charge in [0.1, 0.15) is 0 Å². The highest BCUT2D eigenvalue weighted by Crippen LogP contribution is 2.29. The number of hydrogen-bond acceptors (Lipinski definition) is 4. The van der Waals surface area contributed by atoms with Crippen LogP contribution in [0.15, 0.2) is 12.2 Å². The number of carbonyl (C=O) groups excluding carboxylic acids is 1. The number of alkyl carbamates (subject to hydrolysis) is 1. The highest BCUT2D eigenvalue weighted by Gasteiger charge is 2.25. The van der Waals surface area contributed by atoms with Crippen LogP contribution in [0.5, 0.6) is 0 Å². The van der Waals surface area contributed by atoms with Crippen LogP contribution in [0.3, 0.4) is 0 Å². The lowest BCUT2D eigenvalue weighted by molar-refractivity contribution is 0.0468. The molecule has 1 aliphatic rings. The zero-order valence-corrected chi connectivity index (χ0v) is 20.1. The Morgan fingerprint density at radius 1 is 0.897 bits per heavy atom. The summed E-state index contributed by atoms with van der Waals surface area (Å²) in [6, 6.07) is 4.16. The number of allylic oxidation sites excluding steroid dienone is 2. The summed E-state index contributed by atoms with van der Waals surface area (Å²) in [5, 5.41) is 2.73. The number of amides is 1. The molecule has 1 rings (SSSR count). The first kappa shape index (κ1) is 26.5. The standard InChI is InChI=1S/C22H42ClNO4Si/c1-29(19-9-4-5-10-20-29)21-11-8-15-28-22(25)24-13-16-27-18-17-26-14-7-3-2-6-12-23/h4-5H,2-3,6-21H2,1H3,(H,24,25). The third-order valence-corrected chi connectivity index (χ3v) is 10.3. The molecule has 1 N–H and O–H groups in total. The number of nitrogens with one attached hydrogen (secondary N) is 1. The summed E-state index contributed by atoms with van der Waals surface area (Å²) in [6.45, 7) is 5.90. The molecule has 0 fully saturated rings. The lowest BCUT2D eigenvalue weighted by Gasteiger charge is -2.25. The Balaban J connectivity index is 1.82. The zero-order valence-electron chi connectivity index (χ0n) is 18.4. The van der Waals surface area contributed by atoms with Crippen molar-refractivity contribution in [3.05, 3.63) is 12.2 Å². The first-order chi connectivity index (χ1) is 14.2. The second kappa shape index (κ2) is 18.2. The van der Waals surface area contributed by atoms with E-state index in [4.69, 9.17) is 25.8 Å².